The second-order valence-corrected chi connectivity index (χ2v) is 3.37. The number of hydrogen-bond donors (Lipinski definition) is 1. The van der Waals surface area contributed by atoms with E-state index in [9.17, 15) is 4.39 Å². The Balaban J connectivity index is 2.58. The van der Waals surface area contributed by atoms with Crippen molar-refractivity contribution in [3.05, 3.63) is 29.3 Å². The van der Waals surface area contributed by atoms with Crippen molar-refractivity contribution >= 4 is 0 Å². The Labute approximate surface area is 94.8 Å². The average Bonchev–Trinajstić information content (AvgIpc) is 2.34. The van der Waals surface area contributed by atoms with Crippen LogP contribution in [0.2, 0.25) is 0 Å². The molecule has 1 aromatic rings. The Morgan fingerprint density at radius 1 is 1.50 bits per heavy atom. The standard InChI is InChI=1S/C12H15FN2O/c1-16-12-4-3-10(7-11(12)8-14)9-15-6-2-5-13/h3-4,7,15H,2,5-6,9H2,1H3. The van der Waals surface area contributed by atoms with Gasteiger partial charge in [0.15, 0.2) is 0 Å². The first-order valence-electron chi connectivity index (χ1n) is 5.15. The minimum atomic E-state index is -0.306. The van der Waals surface area contributed by atoms with Crippen molar-refractivity contribution < 1.29 is 9.13 Å². The highest BCUT2D eigenvalue weighted by atomic mass is 19.1. The molecule has 0 saturated heterocycles. The minimum absolute atomic E-state index is 0.306. The van der Waals surface area contributed by atoms with Gasteiger partial charge in [-0.2, -0.15) is 5.26 Å². The number of nitrogens with one attached hydrogen (secondary N) is 1. The molecule has 4 heteroatoms. The molecule has 0 spiro atoms. The van der Waals surface area contributed by atoms with Gasteiger partial charge in [0.05, 0.1) is 19.3 Å². The Hall–Kier alpha value is -1.60. The third kappa shape index (κ3) is 3.52. The van der Waals surface area contributed by atoms with E-state index in [-0.39, 0.29) is 6.67 Å². The fraction of sp³-hybridized carbons (Fsp3) is 0.417. The molecule has 0 unspecified atom stereocenters. The molecule has 86 valence electrons. The molecule has 0 aliphatic heterocycles. The van der Waals surface area contributed by atoms with Crippen LogP contribution in [-0.4, -0.2) is 20.3 Å². The number of methoxy groups -OCH3 is 1. The Kier molecular flexibility index (Phi) is 5.30. The van der Waals surface area contributed by atoms with Crippen LogP contribution in [0.3, 0.4) is 0 Å². The first-order valence-corrected chi connectivity index (χ1v) is 5.15. The van der Waals surface area contributed by atoms with Gasteiger partial charge in [-0.15, -0.1) is 0 Å². The summed E-state index contributed by atoms with van der Waals surface area (Å²) in [5.74, 6) is 0.579. The zero-order valence-electron chi connectivity index (χ0n) is 9.29. The molecular weight excluding hydrogens is 207 g/mol. The summed E-state index contributed by atoms with van der Waals surface area (Å²) in [6.45, 7) is 0.974. The van der Waals surface area contributed by atoms with Crippen LogP contribution in [0.5, 0.6) is 5.75 Å². The number of nitriles is 1. The van der Waals surface area contributed by atoms with Crippen LogP contribution in [0.15, 0.2) is 18.2 Å². The lowest BCUT2D eigenvalue weighted by molar-refractivity contribution is 0.413. The summed E-state index contributed by atoms with van der Waals surface area (Å²) in [5, 5.41) is 12.0. The van der Waals surface area contributed by atoms with Gasteiger partial charge in [-0.1, -0.05) is 6.07 Å². The van der Waals surface area contributed by atoms with E-state index < -0.39 is 0 Å². The largest absolute Gasteiger partial charge is 0.495 e. The molecule has 0 saturated carbocycles. The molecule has 0 radical (unpaired) electrons. The molecule has 0 aliphatic rings. The number of nitrogens with zero attached hydrogens (tertiary/aromatic N) is 1. The Bertz CT molecular complexity index is 374. The van der Waals surface area contributed by atoms with E-state index >= 15 is 0 Å². The van der Waals surface area contributed by atoms with E-state index in [0.717, 1.165) is 5.56 Å². The van der Waals surface area contributed by atoms with Gasteiger partial charge in [0.1, 0.15) is 11.8 Å². The van der Waals surface area contributed by atoms with Gasteiger partial charge < -0.3 is 10.1 Å². The summed E-state index contributed by atoms with van der Waals surface area (Å²) in [6, 6.07) is 7.51. The predicted molar refractivity (Wildman–Crippen MR) is 60.0 cm³/mol. The normalized spacial score (nSPS) is 9.81. The summed E-state index contributed by atoms with van der Waals surface area (Å²) in [4.78, 5) is 0. The number of rotatable bonds is 6. The van der Waals surface area contributed by atoms with E-state index in [1.165, 1.54) is 7.11 Å². The molecular formula is C12H15FN2O. The molecule has 1 rings (SSSR count). The van der Waals surface area contributed by atoms with Gasteiger partial charge >= 0.3 is 0 Å². The molecule has 0 amide bonds. The molecule has 1 aromatic carbocycles. The minimum Gasteiger partial charge on any atom is -0.495 e. The molecule has 0 bridgehead atoms. The van der Waals surface area contributed by atoms with Crippen molar-refractivity contribution in [2.45, 2.75) is 13.0 Å². The smallest absolute Gasteiger partial charge is 0.136 e. The highest BCUT2D eigenvalue weighted by molar-refractivity contribution is 5.45. The summed E-state index contributed by atoms with van der Waals surface area (Å²) in [6.07, 6.45) is 0.515. The van der Waals surface area contributed by atoms with Crippen molar-refractivity contribution in [3.8, 4) is 11.8 Å². The molecule has 0 aliphatic carbocycles. The van der Waals surface area contributed by atoms with Crippen LogP contribution in [0.4, 0.5) is 4.39 Å². The number of hydrogen-bond acceptors (Lipinski definition) is 3. The molecule has 0 atom stereocenters. The summed E-state index contributed by atoms with van der Waals surface area (Å²) < 4.78 is 16.9. The third-order valence-electron chi connectivity index (χ3n) is 2.20. The van der Waals surface area contributed by atoms with Crippen molar-refractivity contribution in [1.82, 2.24) is 5.32 Å². The zero-order valence-corrected chi connectivity index (χ0v) is 9.29. The first-order chi connectivity index (χ1) is 7.81. The van der Waals surface area contributed by atoms with Gasteiger partial charge in [0.2, 0.25) is 0 Å². The number of alkyl halides is 1. The zero-order chi connectivity index (χ0) is 11.8. The SMILES string of the molecule is COc1ccc(CNCCCF)cc1C#N. The maximum absolute atomic E-state index is 11.8. The van der Waals surface area contributed by atoms with Gasteiger partial charge in [0, 0.05) is 6.54 Å². The average molecular weight is 222 g/mol. The summed E-state index contributed by atoms with van der Waals surface area (Å²) >= 11 is 0. The number of halogens is 1. The van der Waals surface area contributed by atoms with Crippen LogP contribution in [0.1, 0.15) is 17.5 Å². The van der Waals surface area contributed by atoms with E-state index in [1.807, 2.05) is 6.07 Å². The van der Waals surface area contributed by atoms with Crippen molar-refractivity contribution in [1.29, 1.82) is 5.26 Å². The third-order valence-corrected chi connectivity index (χ3v) is 2.20. The van der Waals surface area contributed by atoms with Crippen LogP contribution >= 0.6 is 0 Å². The van der Waals surface area contributed by atoms with E-state index in [4.69, 9.17) is 10.00 Å². The van der Waals surface area contributed by atoms with Gasteiger partial charge in [-0.25, -0.2) is 0 Å². The highest BCUT2D eigenvalue weighted by Gasteiger charge is 2.02. The van der Waals surface area contributed by atoms with E-state index in [2.05, 4.69) is 11.4 Å². The Morgan fingerprint density at radius 2 is 2.31 bits per heavy atom. The molecule has 0 fully saturated rings. The number of ether oxygens (including phenoxy) is 1. The van der Waals surface area contributed by atoms with Gasteiger partial charge in [-0.3, -0.25) is 4.39 Å². The lowest BCUT2D eigenvalue weighted by Gasteiger charge is -2.06. The maximum Gasteiger partial charge on any atom is 0.136 e. The lowest BCUT2D eigenvalue weighted by Crippen LogP contribution is -2.15. The molecule has 0 aromatic heterocycles. The van der Waals surface area contributed by atoms with Crippen molar-refractivity contribution in [3.63, 3.8) is 0 Å². The monoisotopic (exact) mass is 222 g/mol. The summed E-state index contributed by atoms with van der Waals surface area (Å²) in [5.41, 5.74) is 1.52. The molecule has 0 heterocycles. The predicted octanol–water partition coefficient (Wildman–Crippen LogP) is 2.02. The fourth-order valence-corrected chi connectivity index (χ4v) is 1.38. The summed E-state index contributed by atoms with van der Waals surface area (Å²) in [7, 11) is 1.54. The van der Waals surface area contributed by atoms with Crippen LogP contribution in [0.25, 0.3) is 0 Å². The van der Waals surface area contributed by atoms with E-state index in [0.29, 0.717) is 30.8 Å². The second-order valence-electron chi connectivity index (χ2n) is 3.37. The molecule has 3 nitrogen and oxygen atoms in total. The topological polar surface area (TPSA) is 45.0 Å². The van der Waals surface area contributed by atoms with Crippen molar-refractivity contribution in [2.24, 2.45) is 0 Å². The quantitative estimate of drug-likeness (QED) is 0.749. The van der Waals surface area contributed by atoms with Gasteiger partial charge in [0.25, 0.3) is 0 Å². The maximum atomic E-state index is 11.8. The van der Waals surface area contributed by atoms with Crippen molar-refractivity contribution in [2.75, 3.05) is 20.3 Å². The molecule has 1 N–H and O–H groups in total. The molecule has 16 heavy (non-hydrogen) atoms. The second kappa shape index (κ2) is 6.81. The number of benzene rings is 1. The lowest BCUT2D eigenvalue weighted by atomic mass is 10.1. The highest BCUT2D eigenvalue weighted by Crippen LogP contribution is 2.18. The van der Waals surface area contributed by atoms with Gasteiger partial charge in [-0.05, 0) is 30.7 Å². The first kappa shape index (κ1) is 12.5. The fourth-order valence-electron chi connectivity index (χ4n) is 1.38. The van der Waals surface area contributed by atoms with Crippen LogP contribution < -0.4 is 10.1 Å². The van der Waals surface area contributed by atoms with Crippen LogP contribution in [0, 0.1) is 11.3 Å². The van der Waals surface area contributed by atoms with Crippen LogP contribution in [-0.2, 0) is 6.54 Å². The van der Waals surface area contributed by atoms with E-state index in [1.54, 1.807) is 12.1 Å². The Morgan fingerprint density at radius 3 is 2.94 bits per heavy atom.